The summed E-state index contributed by atoms with van der Waals surface area (Å²) in [5.41, 5.74) is 0. The number of hydrogen-bond acceptors (Lipinski definition) is 5. The van der Waals surface area contributed by atoms with Gasteiger partial charge < -0.3 is 10.2 Å². The molecule has 2 heterocycles. The maximum atomic E-state index is 4.76. The third kappa shape index (κ3) is 4.01. The van der Waals surface area contributed by atoms with Crippen LogP contribution >= 0.6 is 11.8 Å². The van der Waals surface area contributed by atoms with Gasteiger partial charge in [0.15, 0.2) is 0 Å². The van der Waals surface area contributed by atoms with Gasteiger partial charge in [-0.05, 0) is 6.42 Å². The second-order valence-corrected chi connectivity index (χ2v) is 7.22. The third-order valence-corrected chi connectivity index (χ3v) is 4.50. The highest BCUT2D eigenvalue weighted by Crippen LogP contribution is 2.25. The monoisotopic (exact) mass is 294 g/mol. The molecular formula is C15H26N4S. The molecule has 0 saturated carbocycles. The first-order valence-corrected chi connectivity index (χ1v) is 8.64. The van der Waals surface area contributed by atoms with Crippen LogP contribution in [-0.2, 0) is 0 Å². The third-order valence-electron chi connectivity index (χ3n) is 3.37. The maximum absolute atomic E-state index is 4.76. The molecule has 2 rings (SSSR count). The molecule has 0 aromatic carbocycles. The van der Waals surface area contributed by atoms with Crippen molar-refractivity contribution in [1.82, 2.24) is 9.97 Å². The molecule has 0 aliphatic carbocycles. The molecule has 0 radical (unpaired) electrons. The zero-order chi connectivity index (χ0) is 14.5. The van der Waals surface area contributed by atoms with E-state index in [1.165, 1.54) is 5.75 Å². The summed E-state index contributed by atoms with van der Waals surface area (Å²) in [7, 11) is 0. The summed E-state index contributed by atoms with van der Waals surface area (Å²) < 4.78 is 0. The standard InChI is InChI=1S/C15H26N4S/c1-5-6-16-13-9-14(18-15(17-13)11(2)3)19-7-8-20-12(4)10-19/h9,11-12H,5-8,10H2,1-4H3,(H,16,17,18). The van der Waals surface area contributed by atoms with Crippen molar-refractivity contribution in [3.8, 4) is 0 Å². The lowest BCUT2D eigenvalue weighted by Gasteiger charge is -2.32. The van der Waals surface area contributed by atoms with Gasteiger partial charge in [-0.2, -0.15) is 11.8 Å². The summed E-state index contributed by atoms with van der Waals surface area (Å²) in [6.45, 7) is 11.9. The Morgan fingerprint density at radius 2 is 2.25 bits per heavy atom. The van der Waals surface area contributed by atoms with E-state index < -0.39 is 0 Å². The average Bonchev–Trinajstić information content (AvgIpc) is 2.44. The van der Waals surface area contributed by atoms with E-state index in [9.17, 15) is 0 Å². The summed E-state index contributed by atoms with van der Waals surface area (Å²) in [4.78, 5) is 11.8. The van der Waals surface area contributed by atoms with Gasteiger partial charge in [0.05, 0.1) is 0 Å². The van der Waals surface area contributed by atoms with Gasteiger partial charge in [-0.15, -0.1) is 0 Å². The Balaban J connectivity index is 2.23. The van der Waals surface area contributed by atoms with Crippen LogP contribution in [0.4, 0.5) is 11.6 Å². The Morgan fingerprint density at radius 1 is 1.45 bits per heavy atom. The van der Waals surface area contributed by atoms with Crippen molar-refractivity contribution in [1.29, 1.82) is 0 Å². The van der Waals surface area contributed by atoms with Crippen molar-refractivity contribution in [2.45, 2.75) is 45.3 Å². The molecule has 1 atom stereocenters. The highest BCUT2D eigenvalue weighted by atomic mass is 32.2. The van der Waals surface area contributed by atoms with E-state index in [0.717, 1.165) is 43.5 Å². The predicted molar refractivity (Wildman–Crippen MR) is 89.0 cm³/mol. The number of aromatic nitrogens is 2. The zero-order valence-electron chi connectivity index (χ0n) is 13.0. The average molecular weight is 294 g/mol. The Labute approximate surface area is 126 Å². The Bertz CT molecular complexity index is 436. The first-order valence-electron chi connectivity index (χ1n) is 7.59. The van der Waals surface area contributed by atoms with Crippen molar-refractivity contribution in [2.75, 3.05) is 35.6 Å². The first kappa shape index (κ1) is 15.4. The van der Waals surface area contributed by atoms with Gasteiger partial charge >= 0.3 is 0 Å². The van der Waals surface area contributed by atoms with E-state index >= 15 is 0 Å². The van der Waals surface area contributed by atoms with E-state index in [4.69, 9.17) is 4.98 Å². The number of nitrogens with one attached hydrogen (secondary N) is 1. The Morgan fingerprint density at radius 3 is 2.90 bits per heavy atom. The van der Waals surface area contributed by atoms with Crippen molar-refractivity contribution in [3.05, 3.63) is 11.9 Å². The highest BCUT2D eigenvalue weighted by Gasteiger charge is 2.19. The largest absolute Gasteiger partial charge is 0.370 e. The first-order chi connectivity index (χ1) is 9.60. The fourth-order valence-electron chi connectivity index (χ4n) is 2.24. The van der Waals surface area contributed by atoms with Crippen molar-refractivity contribution < 1.29 is 0 Å². The summed E-state index contributed by atoms with van der Waals surface area (Å²) >= 11 is 2.04. The van der Waals surface area contributed by atoms with Crippen molar-refractivity contribution >= 4 is 23.4 Å². The van der Waals surface area contributed by atoms with Crippen LogP contribution in [-0.4, -0.2) is 40.6 Å². The van der Waals surface area contributed by atoms with Crippen LogP contribution in [0.15, 0.2) is 6.07 Å². The summed E-state index contributed by atoms with van der Waals surface area (Å²) in [6.07, 6.45) is 1.10. The van der Waals surface area contributed by atoms with Gasteiger partial charge in [-0.3, -0.25) is 0 Å². The molecule has 1 unspecified atom stereocenters. The number of thioether (sulfide) groups is 1. The van der Waals surface area contributed by atoms with Crippen LogP contribution in [0.3, 0.4) is 0 Å². The second-order valence-electron chi connectivity index (χ2n) is 5.68. The van der Waals surface area contributed by atoms with E-state index in [0.29, 0.717) is 11.2 Å². The summed E-state index contributed by atoms with van der Waals surface area (Å²) in [5.74, 6) is 4.52. The molecule has 4 nitrogen and oxygen atoms in total. The molecule has 20 heavy (non-hydrogen) atoms. The molecule has 1 saturated heterocycles. The topological polar surface area (TPSA) is 41.0 Å². The van der Waals surface area contributed by atoms with E-state index in [1.54, 1.807) is 0 Å². The van der Waals surface area contributed by atoms with E-state index in [1.807, 2.05) is 11.8 Å². The van der Waals surface area contributed by atoms with Gasteiger partial charge in [-0.25, -0.2) is 9.97 Å². The number of anilines is 2. The minimum absolute atomic E-state index is 0.355. The molecule has 0 bridgehead atoms. The molecule has 1 aromatic heterocycles. The minimum Gasteiger partial charge on any atom is -0.370 e. The molecule has 1 aliphatic rings. The molecule has 112 valence electrons. The van der Waals surface area contributed by atoms with E-state index in [-0.39, 0.29) is 0 Å². The van der Waals surface area contributed by atoms with Crippen LogP contribution in [0.1, 0.15) is 45.9 Å². The molecule has 0 spiro atoms. The number of nitrogens with zero attached hydrogens (tertiary/aromatic N) is 3. The number of rotatable bonds is 5. The summed E-state index contributed by atoms with van der Waals surface area (Å²) in [5, 5.41) is 4.07. The van der Waals surface area contributed by atoms with Crippen molar-refractivity contribution in [3.63, 3.8) is 0 Å². The maximum Gasteiger partial charge on any atom is 0.135 e. The molecular weight excluding hydrogens is 268 g/mol. The van der Waals surface area contributed by atoms with Crippen molar-refractivity contribution in [2.24, 2.45) is 0 Å². The molecule has 1 aliphatic heterocycles. The fraction of sp³-hybridized carbons (Fsp3) is 0.733. The summed E-state index contributed by atoms with van der Waals surface area (Å²) in [6, 6.07) is 2.10. The molecule has 0 amide bonds. The fourth-order valence-corrected chi connectivity index (χ4v) is 3.26. The normalized spacial score (nSPS) is 19.4. The quantitative estimate of drug-likeness (QED) is 0.902. The van der Waals surface area contributed by atoms with Gasteiger partial charge in [-0.1, -0.05) is 27.7 Å². The zero-order valence-corrected chi connectivity index (χ0v) is 13.8. The lowest BCUT2D eigenvalue weighted by molar-refractivity contribution is 0.734. The van der Waals surface area contributed by atoms with Crippen LogP contribution in [0.5, 0.6) is 0 Å². The molecule has 1 N–H and O–H groups in total. The van der Waals surface area contributed by atoms with Crippen LogP contribution in [0, 0.1) is 0 Å². The number of hydrogen-bond donors (Lipinski definition) is 1. The van der Waals surface area contributed by atoms with Gasteiger partial charge in [0.25, 0.3) is 0 Å². The second kappa shape index (κ2) is 7.16. The Kier molecular flexibility index (Phi) is 5.52. The lowest BCUT2D eigenvalue weighted by atomic mass is 10.2. The van der Waals surface area contributed by atoms with Crippen LogP contribution in [0.25, 0.3) is 0 Å². The van der Waals surface area contributed by atoms with Gasteiger partial charge in [0, 0.05) is 42.6 Å². The van der Waals surface area contributed by atoms with Gasteiger partial charge in [0.1, 0.15) is 17.5 Å². The Hall–Kier alpha value is -0.970. The highest BCUT2D eigenvalue weighted by molar-refractivity contribution is 8.00. The minimum atomic E-state index is 0.355. The molecule has 1 aromatic rings. The SMILES string of the molecule is CCCNc1cc(N2CCSC(C)C2)nc(C(C)C)n1. The van der Waals surface area contributed by atoms with Crippen LogP contribution in [0.2, 0.25) is 0 Å². The van der Waals surface area contributed by atoms with Gasteiger partial charge in [0.2, 0.25) is 0 Å². The predicted octanol–water partition coefficient (Wildman–Crippen LogP) is 3.36. The van der Waals surface area contributed by atoms with Crippen LogP contribution < -0.4 is 10.2 Å². The smallest absolute Gasteiger partial charge is 0.135 e. The molecule has 5 heteroatoms. The van der Waals surface area contributed by atoms with E-state index in [2.05, 4.69) is 49.0 Å². The lowest BCUT2D eigenvalue weighted by Crippen LogP contribution is -2.37. The molecule has 1 fully saturated rings.